The summed E-state index contributed by atoms with van der Waals surface area (Å²) < 4.78 is 5.76. The minimum absolute atomic E-state index is 0. The summed E-state index contributed by atoms with van der Waals surface area (Å²) >= 11 is 0. The Balaban J connectivity index is 0.00000441. The first-order valence-corrected chi connectivity index (χ1v) is 8.33. The van der Waals surface area contributed by atoms with Gasteiger partial charge in [-0.1, -0.05) is 13.8 Å². The van der Waals surface area contributed by atoms with Crippen LogP contribution >= 0.6 is 24.0 Å². The van der Waals surface area contributed by atoms with Gasteiger partial charge in [0.05, 0.1) is 12.2 Å². The topological polar surface area (TPSA) is 48.9 Å². The van der Waals surface area contributed by atoms with Gasteiger partial charge in [0.15, 0.2) is 5.96 Å². The van der Waals surface area contributed by atoms with Crippen molar-refractivity contribution in [3.63, 3.8) is 0 Å². The van der Waals surface area contributed by atoms with Crippen LogP contribution in [0.2, 0.25) is 0 Å². The van der Waals surface area contributed by atoms with Crippen molar-refractivity contribution in [3.8, 4) is 0 Å². The highest BCUT2D eigenvalue weighted by Gasteiger charge is 2.21. The minimum Gasteiger partial charge on any atom is -0.373 e. The van der Waals surface area contributed by atoms with Gasteiger partial charge in [0.2, 0.25) is 0 Å². The van der Waals surface area contributed by atoms with E-state index in [0.29, 0.717) is 12.2 Å². The van der Waals surface area contributed by atoms with Gasteiger partial charge in [-0.25, -0.2) is 0 Å². The highest BCUT2D eigenvalue weighted by molar-refractivity contribution is 14.0. The van der Waals surface area contributed by atoms with Gasteiger partial charge in [-0.05, 0) is 32.6 Å². The fraction of sp³-hybridized carbons (Fsp3) is 0.938. The average molecular weight is 426 g/mol. The van der Waals surface area contributed by atoms with Crippen molar-refractivity contribution >= 4 is 29.9 Å². The Kier molecular flexibility index (Phi) is 12.3. The zero-order valence-corrected chi connectivity index (χ0v) is 17.2. The van der Waals surface area contributed by atoms with Gasteiger partial charge in [0.1, 0.15) is 0 Å². The molecule has 0 saturated carbocycles. The molecule has 0 radical (unpaired) electrons. The smallest absolute Gasteiger partial charge is 0.190 e. The molecule has 0 aromatic heterocycles. The Labute approximate surface area is 153 Å². The van der Waals surface area contributed by atoms with Crippen LogP contribution in [0.4, 0.5) is 0 Å². The first kappa shape index (κ1) is 21.9. The fourth-order valence-corrected chi connectivity index (χ4v) is 2.68. The average Bonchev–Trinajstić information content (AvgIpc) is 2.40. The highest BCUT2D eigenvalue weighted by atomic mass is 127. The number of morpholine rings is 1. The van der Waals surface area contributed by atoms with Crippen LogP contribution in [-0.2, 0) is 4.74 Å². The van der Waals surface area contributed by atoms with Crippen LogP contribution in [-0.4, -0.2) is 62.8 Å². The molecule has 1 aliphatic rings. The van der Waals surface area contributed by atoms with E-state index in [4.69, 9.17) is 4.74 Å². The Hall–Kier alpha value is -0.0800. The molecule has 0 aliphatic carbocycles. The summed E-state index contributed by atoms with van der Waals surface area (Å²) in [5, 5.41) is 6.74. The molecule has 2 N–H and O–H groups in total. The number of rotatable bonds is 7. The minimum atomic E-state index is 0. The second-order valence-electron chi connectivity index (χ2n) is 6.48. The van der Waals surface area contributed by atoms with E-state index < -0.39 is 0 Å². The Morgan fingerprint density at radius 2 is 1.77 bits per heavy atom. The number of guanidine groups is 1. The van der Waals surface area contributed by atoms with E-state index in [9.17, 15) is 0 Å². The van der Waals surface area contributed by atoms with Crippen molar-refractivity contribution in [1.29, 1.82) is 0 Å². The quantitative estimate of drug-likeness (QED) is 0.284. The molecule has 0 spiro atoms. The number of nitrogens with zero attached hydrogens (tertiary/aromatic N) is 2. The molecule has 2 unspecified atom stereocenters. The molecule has 0 amide bonds. The lowest BCUT2D eigenvalue weighted by Gasteiger charge is -2.35. The molecule has 22 heavy (non-hydrogen) atoms. The summed E-state index contributed by atoms with van der Waals surface area (Å²) in [6, 6.07) is 0. The lowest BCUT2D eigenvalue weighted by molar-refractivity contribution is -0.0679. The summed E-state index contributed by atoms with van der Waals surface area (Å²) in [5.74, 6) is 1.64. The third kappa shape index (κ3) is 9.84. The SMILES string of the molecule is CN=C(NCCCN1CC(C)OC(C)C1)NCCC(C)C.I. The van der Waals surface area contributed by atoms with E-state index >= 15 is 0 Å². The van der Waals surface area contributed by atoms with E-state index in [0.717, 1.165) is 51.0 Å². The fourth-order valence-electron chi connectivity index (χ4n) is 2.68. The lowest BCUT2D eigenvalue weighted by Crippen LogP contribution is -2.46. The van der Waals surface area contributed by atoms with Crippen molar-refractivity contribution in [1.82, 2.24) is 15.5 Å². The summed E-state index contributed by atoms with van der Waals surface area (Å²) in [7, 11) is 1.83. The molecule has 1 rings (SSSR count). The molecule has 5 nitrogen and oxygen atoms in total. The largest absolute Gasteiger partial charge is 0.373 e. The summed E-state index contributed by atoms with van der Waals surface area (Å²) in [4.78, 5) is 6.75. The van der Waals surface area contributed by atoms with Crippen LogP contribution in [0.5, 0.6) is 0 Å². The standard InChI is InChI=1S/C16H34N4O.HI/c1-13(2)7-9-19-16(17-5)18-8-6-10-20-11-14(3)21-15(4)12-20;/h13-15H,6-12H2,1-5H3,(H2,17,18,19);1H. The normalized spacial score (nSPS) is 23.3. The number of hydrogen-bond acceptors (Lipinski definition) is 3. The van der Waals surface area contributed by atoms with Crippen LogP contribution in [0.3, 0.4) is 0 Å². The third-order valence-corrected chi connectivity index (χ3v) is 3.68. The predicted molar refractivity (Wildman–Crippen MR) is 105 cm³/mol. The first-order chi connectivity index (χ1) is 10.0. The van der Waals surface area contributed by atoms with Crippen LogP contribution < -0.4 is 10.6 Å². The number of hydrogen-bond donors (Lipinski definition) is 2. The zero-order chi connectivity index (χ0) is 15.7. The Morgan fingerprint density at radius 1 is 1.18 bits per heavy atom. The van der Waals surface area contributed by atoms with Crippen LogP contribution in [0.1, 0.15) is 40.5 Å². The van der Waals surface area contributed by atoms with Crippen molar-refractivity contribution in [2.45, 2.75) is 52.7 Å². The molecule has 1 heterocycles. The molecule has 6 heteroatoms. The van der Waals surface area contributed by atoms with Crippen LogP contribution in [0, 0.1) is 5.92 Å². The third-order valence-electron chi connectivity index (χ3n) is 3.68. The van der Waals surface area contributed by atoms with Gasteiger partial charge in [0, 0.05) is 39.8 Å². The maximum absolute atomic E-state index is 5.76. The van der Waals surface area contributed by atoms with E-state index in [2.05, 4.69) is 48.2 Å². The van der Waals surface area contributed by atoms with Crippen LogP contribution in [0.25, 0.3) is 0 Å². The van der Waals surface area contributed by atoms with Gasteiger partial charge >= 0.3 is 0 Å². The van der Waals surface area contributed by atoms with E-state index in [1.165, 1.54) is 6.42 Å². The van der Waals surface area contributed by atoms with E-state index in [1.807, 2.05) is 7.05 Å². The predicted octanol–water partition coefficient (Wildman–Crippen LogP) is 2.31. The maximum atomic E-state index is 5.76. The molecule has 1 fully saturated rings. The monoisotopic (exact) mass is 426 g/mol. The second kappa shape index (κ2) is 12.4. The van der Waals surface area contributed by atoms with Gasteiger partial charge in [-0.2, -0.15) is 0 Å². The van der Waals surface area contributed by atoms with Crippen molar-refractivity contribution in [2.75, 3.05) is 39.8 Å². The van der Waals surface area contributed by atoms with Crippen LogP contribution in [0.15, 0.2) is 4.99 Å². The molecule has 0 bridgehead atoms. The summed E-state index contributed by atoms with van der Waals surface area (Å²) in [6.45, 7) is 13.9. The summed E-state index contributed by atoms with van der Waals surface area (Å²) in [5.41, 5.74) is 0. The molecular formula is C16H35IN4O. The maximum Gasteiger partial charge on any atom is 0.190 e. The molecule has 1 saturated heterocycles. The Bertz CT molecular complexity index is 303. The molecule has 2 atom stereocenters. The zero-order valence-electron chi connectivity index (χ0n) is 14.9. The van der Waals surface area contributed by atoms with Gasteiger partial charge in [-0.3, -0.25) is 9.89 Å². The Morgan fingerprint density at radius 3 is 2.32 bits per heavy atom. The number of nitrogens with one attached hydrogen (secondary N) is 2. The number of ether oxygens (including phenoxy) is 1. The van der Waals surface area contributed by atoms with Crippen molar-refractivity contribution in [3.05, 3.63) is 0 Å². The molecular weight excluding hydrogens is 391 g/mol. The van der Waals surface area contributed by atoms with Gasteiger partial charge in [-0.15, -0.1) is 24.0 Å². The molecule has 0 aromatic rings. The van der Waals surface area contributed by atoms with Crippen molar-refractivity contribution in [2.24, 2.45) is 10.9 Å². The molecule has 1 aliphatic heterocycles. The second-order valence-corrected chi connectivity index (χ2v) is 6.48. The first-order valence-electron chi connectivity index (χ1n) is 8.33. The van der Waals surface area contributed by atoms with E-state index in [1.54, 1.807) is 0 Å². The number of halogens is 1. The molecule has 0 aromatic carbocycles. The molecule has 132 valence electrons. The summed E-state index contributed by atoms with van der Waals surface area (Å²) in [6.07, 6.45) is 3.01. The number of aliphatic imine (C=N–C) groups is 1. The lowest BCUT2D eigenvalue weighted by atomic mass is 10.1. The van der Waals surface area contributed by atoms with Crippen molar-refractivity contribution < 1.29 is 4.74 Å². The van der Waals surface area contributed by atoms with E-state index in [-0.39, 0.29) is 24.0 Å². The van der Waals surface area contributed by atoms with Gasteiger partial charge < -0.3 is 15.4 Å². The highest BCUT2D eigenvalue weighted by Crippen LogP contribution is 2.10. The van der Waals surface area contributed by atoms with Gasteiger partial charge in [0.25, 0.3) is 0 Å².